The minimum Gasteiger partial charge on any atom is -0.337 e. The van der Waals surface area contributed by atoms with E-state index in [0.717, 1.165) is 30.6 Å². The van der Waals surface area contributed by atoms with Crippen LogP contribution in [0.3, 0.4) is 0 Å². The second-order valence-corrected chi connectivity index (χ2v) is 7.33. The van der Waals surface area contributed by atoms with Gasteiger partial charge in [-0.25, -0.2) is 9.18 Å². The molecule has 4 rings (SSSR count). The van der Waals surface area contributed by atoms with Crippen LogP contribution in [0.4, 0.5) is 9.18 Å². The molecule has 10 heteroatoms. The van der Waals surface area contributed by atoms with Gasteiger partial charge in [0.2, 0.25) is 5.89 Å². The van der Waals surface area contributed by atoms with Crippen molar-refractivity contribution in [2.45, 2.75) is 50.2 Å². The summed E-state index contributed by atoms with van der Waals surface area (Å²) < 4.78 is 18.4. The van der Waals surface area contributed by atoms with Gasteiger partial charge in [-0.1, -0.05) is 30.1 Å². The monoisotopic (exact) mass is 409 g/mol. The van der Waals surface area contributed by atoms with Crippen molar-refractivity contribution in [3.05, 3.63) is 47.4 Å². The molecule has 2 fully saturated rings. The molecule has 0 bridgehead atoms. The van der Waals surface area contributed by atoms with E-state index in [2.05, 4.69) is 15.5 Å². The number of benzene rings is 1. The Morgan fingerprint density at radius 3 is 2.54 bits per heavy atom. The number of nitrogens with zero attached hydrogens (tertiary/aromatic N) is 3. The van der Waals surface area contributed by atoms with E-state index in [4.69, 9.17) is 10.3 Å². The van der Waals surface area contributed by atoms with Crippen molar-refractivity contribution in [3.8, 4) is 0 Å². The molecule has 1 unspecified atom stereocenters. The molecule has 0 spiro atoms. The molecule has 1 saturated heterocycles. The van der Waals surface area contributed by atoms with E-state index in [1.165, 1.54) is 24.3 Å². The predicted octanol–water partition coefficient (Wildman–Crippen LogP) is 2.33. The van der Waals surface area contributed by atoms with Crippen molar-refractivity contribution in [1.29, 1.82) is 0 Å². The molecule has 1 aromatic carbocycles. The smallest absolute Gasteiger partial charge is 0.325 e. The number of nitrogens with one attached hydrogen (secondary N) is 1. The Morgan fingerprint density at radius 1 is 1.25 bits per heavy atom. The summed E-state index contributed by atoms with van der Waals surface area (Å²) in [5, 5.41) is 6.60. The van der Waals surface area contributed by atoms with Crippen LogP contribution in [-0.4, -0.2) is 27.0 Å². The highest BCUT2D eigenvalue weighted by Gasteiger charge is 2.49. The van der Waals surface area contributed by atoms with Crippen LogP contribution < -0.4 is 11.1 Å². The molecule has 2 heterocycles. The highest BCUT2D eigenvalue weighted by Crippen LogP contribution is 2.35. The van der Waals surface area contributed by atoms with Crippen molar-refractivity contribution in [3.63, 3.8) is 0 Å². The van der Waals surface area contributed by atoms with Crippen LogP contribution in [0.25, 0.3) is 0 Å². The van der Waals surface area contributed by atoms with E-state index in [-0.39, 0.29) is 24.8 Å². The summed E-state index contributed by atoms with van der Waals surface area (Å²) in [5.74, 6) is -0.337. The first-order valence-corrected chi connectivity index (χ1v) is 8.84. The third-order valence-corrected chi connectivity index (χ3v) is 5.40. The van der Waals surface area contributed by atoms with E-state index in [1.54, 1.807) is 6.92 Å². The van der Waals surface area contributed by atoms with Gasteiger partial charge in [-0.3, -0.25) is 9.69 Å². The molecule has 1 saturated carbocycles. The first-order chi connectivity index (χ1) is 12.8. The minimum atomic E-state index is -1.28. The lowest BCUT2D eigenvalue weighted by molar-refractivity contribution is -0.131. The van der Waals surface area contributed by atoms with Crippen molar-refractivity contribution in [2.75, 3.05) is 0 Å². The summed E-state index contributed by atoms with van der Waals surface area (Å²) in [6, 6.07) is 4.86. The molecular weight excluding hydrogens is 389 g/mol. The number of aromatic nitrogens is 2. The molecule has 1 aliphatic carbocycles. The second kappa shape index (κ2) is 7.14. The van der Waals surface area contributed by atoms with Crippen LogP contribution in [0.1, 0.15) is 49.9 Å². The van der Waals surface area contributed by atoms with Crippen LogP contribution in [-0.2, 0) is 22.4 Å². The molecule has 3 amide bonds. The Kier molecular flexibility index (Phi) is 5.16. The normalized spacial score (nSPS) is 23.6. The largest absolute Gasteiger partial charge is 0.337 e. The fourth-order valence-corrected chi connectivity index (χ4v) is 3.71. The molecule has 2 aliphatic rings. The number of imide groups is 1. The molecule has 0 radical (unpaired) electrons. The number of rotatable bonds is 4. The molecule has 1 atom stereocenters. The van der Waals surface area contributed by atoms with Crippen LogP contribution in [0.5, 0.6) is 0 Å². The Balaban J connectivity index is 0.00000225. The van der Waals surface area contributed by atoms with Gasteiger partial charge in [0.1, 0.15) is 17.9 Å². The topological polar surface area (TPSA) is 114 Å². The lowest BCUT2D eigenvalue weighted by Gasteiger charge is -2.21. The maximum Gasteiger partial charge on any atom is 0.325 e. The standard InChI is InChI=1S/C18H20FN5O3.ClH/c1-17(11-4-6-12(19)7-5-11)15(25)24(16(26)22-17)10-13-21-14(23-27-13)18(20)8-2-3-9-18;/h4-7H,2-3,8-10,20H2,1H3,(H,22,26);1H. The number of carbonyl (C=O) groups excluding carboxylic acids is 2. The fourth-order valence-electron chi connectivity index (χ4n) is 3.71. The van der Waals surface area contributed by atoms with E-state index in [9.17, 15) is 14.0 Å². The van der Waals surface area contributed by atoms with Crippen molar-refractivity contribution < 1.29 is 18.5 Å². The Labute approximate surface area is 167 Å². The number of halogens is 2. The molecule has 8 nitrogen and oxygen atoms in total. The molecule has 28 heavy (non-hydrogen) atoms. The van der Waals surface area contributed by atoms with Gasteiger partial charge in [-0.15, -0.1) is 12.4 Å². The number of carbonyl (C=O) groups is 2. The SMILES string of the molecule is CC1(c2ccc(F)cc2)NC(=O)N(Cc2nc(C3(N)CCCC3)no2)C1=O.Cl. The average Bonchev–Trinajstić information content (AvgIpc) is 3.33. The quantitative estimate of drug-likeness (QED) is 0.749. The van der Waals surface area contributed by atoms with E-state index >= 15 is 0 Å². The predicted molar refractivity (Wildman–Crippen MR) is 98.7 cm³/mol. The Bertz CT molecular complexity index is 897. The van der Waals surface area contributed by atoms with Gasteiger partial charge in [0.05, 0.1) is 5.54 Å². The molecule has 1 aromatic heterocycles. The van der Waals surface area contributed by atoms with E-state index < -0.39 is 28.8 Å². The minimum absolute atomic E-state index is 0. The molecule has 1 aliphatic heterocycles. The van der Waals surface area contributed by atoms with E-state index in [0.29, 0.717) is 11.4 Å². The first kappa shape index (κ1) is 20.2. The molecule has 150 valence electrons. The Hall–Kier alpha value is -2.52. The third-order valence-electron chi connectivity index (χ3n) is 5.40. The van der Waals surface area contributed by atoms with Gasteiger partial charge in [-0.2, -0.15) is 4.98 Å². The number of nitrogens with two attached hydrogens (primary N) is 1. The summed E-state index contributed by atoms with van der Waals surface area (Å²) in [5.41, 5.74) is 4.91. The molecule has 3 N–H and O–H groups in total. The van der Waals surface area contributed by atoms with Crippen LogP contribution in [0.15, 0.2) is 28.8 Å². The fraction of sp³-hybridized carbons (Fsp3) is 0.444. The van der Waals surface area contributed by atoms with Crippen LogP contribution in [0, 0.1) is 5.82 Å². The highest BCUT2D eigenvalue weighted by atomic mass is 35.5. The summed E-state index contributed by atoms with van der Waals surface area (Å²) in [4.78, 5) is 30.6. The van der Waals surface area contributed by atoms with Gasteiger partial charge in [0.15, 0.2) is 5.82 Å². The van der Waals surface area contributed by atoms with Crippen molar-refractivity contribution in [2.24, 2.45) is 5.73 Å². The number of hydrogen-bond donors (Lipinski definition) is 2. The second-order valence-electron chi connectivity index (χ2n) is 7.33. The maximum absolute atomic E-state index is 13.2. The van der Waals surface area contributed by atoms with Gasteiger partial charge in [0, 0.05) is 0 Å². The number of urea groups is 1. The summed E-state index contributed by atoms with van der Waals surface area (Å²) >= 11 is 0. The van der Waals surface area contributed by atoms with Crippen molar-refractivity contribution in [1.82, 2.24) is 20.4 Å². The maximum atomic E-state index is 13.2. The zero-order chi connectivity index (χ0) is 19.2. The number of hydrogen-bond acceptors (Lipinski definition) is 6. The zero-order valence-electron chi connectivity index (χ0n) is 15.3. The molecule has 2 aromatic rings. The van der Waals surface area contributed by atoms with Gasteiger partial charge in [-0.05, 0) is 37.5 Å². The van der Waals surface area contributed by atoms with Crippen molar-refractivity contribution >= 4 is 24.3 Å². The summed E-state index contributed by atoms with van der Waals surface area (Å²) in [6.45, 7) is 1.43. The summed E-state index contributed by atoms with van der Waals surface area (Å²) in [7, 11) is 0. The zero-order valence-corrected chi connectivity index (χ0v) is 16.1. The van der Waals surface area contributed by atoms with Gasteiger partial charge in [0.25, 0.3) is 5.91 Å². The van der Waals surface area contributed by atoms with Gasteiger partial charge >= 0.3 is 6.03 Å². The average molecular weight is 410 g/mol. The van der Waals surface area contributed by atoms with Crippen LogP contribution in [0.2, 0.25) is 0 Å². The first-order valence-electron chi connectivity index (χ1n) is 8.84. The highest BCUT2D eigenvalue weighted by molar-refractivity contribution is 6.07. The summed E-state index contributed by atoms with van der Waals surface area (Å²) in [6.07, 6.45) is 3.56. The lowest BCUT2D eigenvalue weighted by atomic mass is 9.92. The van der Waals surface area contributed by atoms with Gasteiger partial charge < -0.3 is 15.6 Å². The van der Waals surface area contributed by atoms with Crippen LogP contribution >= 0.6 is 12.4 Å². The Morgan fingerprint density at radius 2 is 1.89 bits per heavy atom. The molecular formula is C18H21ClFN5O3. The lowest BCUT2D eigenvalue weighted by Crippen LogP contribution is -2.40. The number of amides is 3. The third kappa shape index (κ3) is 3.24. The van der Waals surface area contributed by atoms with E-state index in [1.807, 2.05) is 0 Å².